The van der Waals surface area contributed by atoms with Crippen LogP contribution in [0.15, 0.2) is 17.9 Å². The van der Waals surface area contributed by atoms with Gasteiger partial charge in [0, 0.05) is 11.6 Å². The van der Waals surface area contributed by atoms with Crippen molar-refractivity contribution in [3.8, 4) is 0 Å². The molecular weight excluding hydrogens is 236 g/mol. The third-order valence-electron chi connectivity index (χ3n) is 2.63. The summed E-state index contributed by atoms with van der Waals surface area (Å²) in [5.74, 6) is 0. The van der Waals surface area contributed by atoms with Crippen LogP contribution in [0.4, 0.5) is 5.13 Å². The molecule has 1 saturated heterocycles. The van der Waals surface area contributed by atoms with E-state index in [-0.39, 0.29) is 0 Å². The van der Waals surface area contributed by atoms with E-state index in [0.29, 0.717) is 11.2 Å². The van der Waals surface area contributed by atoms with E-state index in [1.165, 1.54) is 11.3 Å². The van der Waals surface area contributed by atoms with Crippen LogP contribution in [0.1, 0.15) is 17.4 Å². The maximum atomic E-state index is 5.56. The van der Waals surface area contributed by atoms with Crippen LogP contribution >= 0.6 is 11.3 Å². The van der Waals surface area contributed by atoms with Crippen LogP contribution in [-0.2, 0) is 4.74 Å². The Morgan fingerprint density at radius 1 is 1.41 bits per heavy atom. The number of nitrogen functional groups attached to an aromatic ring is 1. The number of aromatic nitrogens is 3. The van der Waals surface area contributed by atoms with Crippen molar-refractivity contribution in [1.82, 2.24) is 14.5 Å². The van der Waals surface area contributed by atoms with Gasteiger partial charge in [0.15, 0.2) is 5.13 Å². The quantitative estimate of drug-likeness (QED) is 0.897. The zero-order valence-electron chi connectivity index (χ0n) is 9.11. The average molecular weight is 248 g/mol. The Morgan fingerprint density at radius 3 is 2.88 bits per heavy atom. The molecule has 2 aromatic heterocycles. The molecule has 0 bridgehead atoms. The summed E-state index contributed by atoms with van der Waals surface area (Å²) in [7, 11) is 0. The Labute approximate surface area is 103 Å². The second-order valence-electron chi connectivity index (χ2n) is 3.88. The topological polar surface area (TPSA) is 66.0 Å². The van der Waals surface area contributed by atoms with Crippen molar-refractivity contribution in [2.45, 2.75) is 6.04 Å². The molecule has 3 rings (SSSR count). The van der Waals surface area contributed by atoms with E-state index < -0.39 is 0 Å². The van der Waals surface area contributed by atoms with Gasteiger partial charge in [-0.25, -0.2) is 9.97 Å². The van der Waals surface area contributed by atoms with Crippen molar-refractivity contribution in [2.24, 2.45) is 0 Å². The van der Waals surface area contributed by atoms with E-state index in [9.17, 15) is 0 Å². The highest BCUT2D eigenvalue weighted by atomic mass is 32.1. The summed E-state index contributed by atoms with van der Waals surface area (Å²) < 4.78 is 7.22. The summed E-state index contributed by atoms with van der Waals surface area (Å²) in [5.41, 5.74) is 7.35. The zero-order valence-corrected chi connectivity index (χ0v) is 9.93. The van der Waals surface area contributed by atoms with Crippen LogP contribution < -0.4 is 5.73 Å². The third kappa shape index (κ3) is 2.22. The van der Waals surface area contributed by atoms with E-state index in [4.69, 9.17) is 10.5 Å². The van der Waals surface area contributed by atoms with Gasteiger partial charge in [0.1, 0.15) is 0 Å². The fraction of sp³-hybridized carbons (Fsp3) is 0.273. The second-order valence-corrected chi connectivity index (χ2v) is 4.77. The number of ether oxygens (including phenoxy) is 1. The Morgan fingerprint density at radius 2 is 2.24 bits per heavy atom. The molecule has 3 heterocycles. The summed E-state index contributed by atoms with van der Waals surface area (Å²) >= 11 is 1.44. The molecule has 0 atom stereocenters. The van der Waals surface area contributed by atoms with Crippen LogP contribution in [0.3, 0.4) is 0 Å². The second kappa shape index (κ2) is 4.31. The minimum Gasteiger partial charge on any atom is -0.377 e. The predicted octanol–water partition coefficient (Wildman–Crippen LogP) is 1.66. The molecule has 0 aliphatic carbocycles. The maximum Gasteiger partial charge on any atom is 0.180 e. The molecule has 0 unspecified atom stereocenters. The van der Waals surface area contributed by atoms with Gasteiger partial charge in [-0.2, -0.15) is 0 Å². The van der Waals surface area contributed by atoms with Gasteiger partial charge in [-0.05, 0) is 12.2 Å². The van der Waals surface area contributed by atoms with Crippen LogP contribution in [0, 0.1) is 0 Å². The summed E-state index contributed by atoms with van der Waals surface area (Å²) in [6.45, 7) is 1.56. The lowest BCUT2D eigenvalue weighted by atomic mass is 10.2. The summed E-state index contributed by atoms with van der Waals surface area (Å²) in [6.07, 6.45) is 7.70. The number of thiazole rings is 1. The zero-order chi connectivity index (χ0) is 11.7. The average Bonchev–Trinajstić information content (AvgIpc) is 2.82. The van der Waals surface area contributed by atoms with Crippen molar-refractivity contribution in [2.75, 3.05) is 18.9 Å². The Kier molecular flexibility index (Phi) is 2.66. The molecule has 1 aliphatic rings. The summed E-state index contributed by atoms with van der Waals surface area (Å²) in [5, 5.41) is 2.50. The van der Waals surface area contributed by atoms with Gasteiger partial charge in [0.2, 0.25) is 0 Å². The van der Waals surface area contributed by atoms with E-state index in [2.05, 4.69) is 14.5 Å². The van der Waals surface area contributed by atoms with Gasteiger partial charge in [-0.1, -0.05) is 0 Å². The minimum atomic E-state index is 0.444. The Hall–Kier alpha value is -1.66. The molecule has 17 heavy (non-hydrogen) atoms. The molecule has 2 N–H and O–H groups in total. The molecule has 88 valence electrons. The molecule has 0 radical (unpaired) electrons. The molecular formula is C11H12N4OS. The van der Waals surface area contributed by atoms with Gasteiger partial charge in [0.05, 0.1) is 37.0 Å². The number of anilines is 1. The predicted molar refractivity (Wildman–Crippen MR) is 67.5 cm³/mol. The fourth-order valence-electron chi connectivity index (χ4n) is 1.58. The first-order valence-electron chi connectivity index (χ1n) is 5.31. The van der Waals surface area contributed by atoms with Crippen LogP contribution in [0.2, 0.25) is 0 Å². The molecule has 0 saturated carbocycles. The number of hydrogen-bond acceptors (Lipinski definition) is 5. The van der Waals surface area contributed by atoms with Crippen LogP contribution in [-0.4, -0.2) is 27.7 Å². The fourth-order valence-corrected chi connectivity index (χ4v) is 2.11. The van der Waals surface area contributed by atoms with Crippen molar-refractivity contribution < 1.29 is 4.74 Å². The number of nitrogens with two attached hydrogens (primary N) is 1. The number of nitrogens with zero attached hydrogens (tertiary/aromatic N) is 3. The van der Waals surface area contributed by atoms with Crippen molar-refractivity contribution in [1.29, 1.82) is 0 Å². The molecule has 0 spiro atoms. The highest BCUT2D eigenvalue weighted by Gasteiger charge is 2.19. The van der Waals surface area contributed by atoms with Crippen LogP contribution in [0.5, 0.6) is 0 Å². The lowest BCUT2D eigenvalue weighted by Gasteiger charge is -2.26. The molecule has 0 amide bonds. The van der Waals surface area contributed by atoms with Gasteiger partial charge < -0.3 is 15.0 Å². The highest BCUT2D eigenvalue weighted by molar-refractivity contribution is 7.13. The number of rotatable bonds is 3. The van der Waals surface area contributed by atoms with E-state index >= 15 is 0 Å². The molecule has 1 aliphatic heterocycles. The van der Waals surface area contributed by atoms with Crippen molar-refractivity contribution >= 4 is 28.6 Å². The molecule has 5 nitrogen and oxygen atoms in total. The minimum absolute atomic E-state index is 0.444. The lowest BCUT2D eigenvalue weighted by Crippen LogP contribution is -2.29. The normalized spacial score (nSPS) is 16.5. The van der Waals surface area contributed by atoms with Gasteiger partial charge >= 0.3 is 0 Å². The van der Waals surface area contributed by atoms with Gasteiger partial charge in [0.25, 0.3) is 0 Å². The molecule has 6 heteroatoms. The Balaban J connectivity index is 1.72. The maximum absolute atomic E-state index is 5.56. The SMILES string of the molecule is Nc1nc(/C=C/c2cn(C3COC3)cn2)cs1. The van der Waals surface area contributed by atoms with Gasteiger partial charge in [-0.3, -0.25) is 0 Å². The van der Waals surface area contributed by atoms with Gasteiger partial charge in [-0.15, -0.1) is 11.3 Å². The standard InChI is InChI=1S/C11H12N4OS/c12-11-14-9(6-17-11)2-1-8-3-15(7-13-8)10-4-16-5-10/h1-3,6-7,10H,4-5H2,(H2,12,14)/b2-1+. The summed E-state index contributed by atoms with van der Waals surface area (Å²) in [6, 6.07) is 0.444. The molecule has 1 fully saturated rings. The van der Waals surface area contributed by atoms with Crippen LogP contribution in [0.25, 0.3) is 12.2 Å². The highest BCUT2D eigenvalue weighted by Crippen LogP contribution is 2.18. The summed E-state index contributed by atoms with van der Waals surface area (Å²) in [4.78, 5) is 8.46. The largest absolute Gasteiger partial charge is 0.377 e. The van der Waals surface area contributed by atoms with Crippen molar-refractivity contribution in [3.63, 3.8) is 0 Å². The number of imidazole rings is 1. The monoisotopic (exact) mass is 248 g/mol. The Bertz CT molecular complexity index is 541. The molecule has 2 aromatic rings. The molecule has 0 aromatic carbocycles. The van der Waals surface area contributed by atoms with Crippen molar-refractivity contribution in [3.05, 3.63) is 29.3 Å². The first kappa shape index (κ1) is 10.5. The number of hydrogen-bond donors (Lipinski definition) is 1. The first-order valence-corrected chi connectivity index (χ1v) is 6.19. The van der Waals surface area contributed by atoms with E-state index in [1.807, 2.05) is 30.1 Å². The third-order valence-corrected chi connectivity index (χ3v) is 3.32. The van der Waals surface area contributed by atoms with E-state index in [1.54, 1.807) is 0 Å². The lowest BCUT2D eigenvalue weighted by molar-refractivity contribution is -0.0233. The van der Waals surface area contributed by atoms with E-state index in [0.717, 1.165) is 24.6 Å². The first-order chi connectivity index (χ1) is 8.31. The smallest absolute Gasteiger partial charge is 0.180 e.